The van der Waals surface area contributed by atoms with Crippen LogP contribution in [0.15, 0.2) is 42.5 Å². The van der Waals surface area contributed by atoms with Gasteiger partial charge in [-0.1, -0.05) is 35.6 Å². The minimum absolute atomic E-state index is 0.229. The molecule has 1 aromatic heterocycles. The lowest BCUT2D eigenvalue weighted by atomic mass is 10.1. The fraction of sp³-hybridized carbons (Fsp3) is 0.222. The van der Waals surface area contributed by atoms with Gasteiger partial charge in [-0.15, -0.1) is 10.2 Å². The van der Waals surface area contributed by atoms with Crippen LogP contribution >= 0.6 is 11.3 Å². The molecule has 4 nitrogen and oxygen atoms in total. The molecule has 1 unspecified atom stereocenters. The molecular formula is C18H16F3N3OS. The van der Waals surface area contributed by atoms with Crippen LogP contribution in [0.1, 0.15) is 22.2 Å². The lowest BCUT2D eigenvalue weighted by Gasteiger charge is -2.17. The second-order valence-corrected chi connectivity index (χ2v) is 6.66. The van der Waals surface area contributed by atoms with Crippen molar-refractivity contribution in [2.45, 2.75) is 12.5 Å². The number of anilines is 1. The maximum atomic E-state index is 13.7. The predicted molar refractivity (Wildman–Crippen MR) is 93.7 cm³/mol. The topological polar surface area (TPSA) is 47.0 Å². The first-order chi connectivity index (χ1) is 12.6. The molecule has 0 saturated carbocycles. The first-order valence-electron chi connectivity index (χ1n) is 7.83. The van der Waals surface area contributed by atoms with Gasteiger partial charge in [-0.3, -0.25) is 0 Å². The van der Waals surface area contributed by atoms with Crippen molar-refractivity contribution in [1.82, 2.24) is 10.2 Å². The van der Waals surface area contributed by atoms with Crippen LogP contribution in [0.5, 0.6) is 0 Å². The summed E-state index contributed by atoms with van der Waals surface area (Å²) in [5, 5.41) is 12.3. The molecule has 26 heavy (non-hydrogen) atoms. The van der Waals surface area contributed by atoms with E-state index in [1.807, 2.05) is 0 Å². The van der Waals surface area contributed by atoms with Crippen LogP contribution in [0.25, 0.3) is 0 Å². The summed E-state index contributed by atoms with van der Waals surface area (Å²) in [6.07, 6.45) is 0.326. The molecular weight excluding hydrogens is 363 g/mol. The third-order valence-corrected chi connectivity index (χ3v) is 4.60. The van der Waals surface area contributed by atoms with Gasteiger partial charge in [0.15, 0.2) is 11.6 Å². The maximum absolute atomic E-state index is 13.7. The quantitative estimate of drug-likeness (QED) is 0.663. The standard InChI is InChI=1S/C18H16F3N3OS/c1-25-10-16(12-6-7-14(20)15(21)8-12)22-18-24-23-17(26-18)9-11-4-2-3-5-13(11)19/h2-8,16H,9-10H2,1H3,(H,22,24). The van der Waals surface area contributed by atoms with E-state index >= 15 is 0 Å². The fourth-order valence-corrected chi connectivity index (χ4v) is 3.27. The molecule has 1 atom stereocenters. The number of methoxy groups -OCH3 is 1. The molecule has 0 spiro atoms. The number of benzene rings is 2. The molecule has 0 radical (unpaired) electrons. The van der Waals surface area contributed by atoms with Gasteiger partial charge in [0.25, 0.3) is 0 Å². The molecule has 1 N–H and O–H groups in total. The van der Waals surface area contributed by atoms with E-state index < -0.39 is 17.7 Å². The number of ether oxygens (including phenoxy) is 1. The van der Waals surface area contributed by atoms with Gasteiger partial charge in [-0.05, 0) is 29.3 Å². The minimum atomic E-state index is -0.928. The number of nitrogens with one attached hydrogen (secondary N) is 1. The Labute approximate surface area is 152 Å². The molecule has 3 aromatic rings. The number of halogens is 3. The van der Waals surface area contributed by atoms with Crippen LogP contribution in [-0.4, -0.2) is 23.9 Å². The van der Waals surface area contributed by atoms with Gasteiger partial charge >= 0.3 is 0 Å². The zero-order valence-corrected chi connectivity index (χ0v) is 14.7. The van der Waals surface area contributed by atoms with E-state index in [-0.39, 0.29) is 12.4 Å². The predicted octanol–water partition coefficient (Wildman–Crippen LogP) is 4.35. The van der Waals surface area contributed by atoms with Gasteiger partial charge < -0.3 is 10.1 Å². The summed E-state index contributed by atoms with van der Waals surface area (Å²) < 4.78 is 45.5. The molecule has 0 bridgehead atoms. The Hall–Kier alpha value is -2.45. The molecule has 0 aliphatic heterocycles. The summed E-state index contributed by atoms with van der Waals surface area (Å²) in [4.78, 5) is 0. The molecule has 8 heteroatoms. The highest BCUT2D eigenvalue weighted by atomic mass is 32.1. The highest BCUT2D eigenvalue weighted by Crippen LogP contribution is 2.25. The van der Waals surface area contributed by atoms with Crippen LogP contribution in [0.2, 0.25) is 0 Å². The van der Waals surface area contributed by atoms with Crippen molar-refractivity contribution in [3.63, 3.8) is 0 Å². The van der Waals surface area contributed by atoms with Crippen molar-refractivity contribution in [3.8, 4) is 0 Å². The van der Waals surface area contributed by atoms with Gasteiger partial charge in [0.05, 0.1) is 12.6 Å². The van der Waals surface area contributed by atoms with E-state index in [1.54, 1.807) is 18.2 Å². The molecule has 0 amide bonds. The monoisotopic (exact) mass is 379 g/mol. The molecule has 136 valence electrons. The van der Waals surface area contributed by atoms with Gasteiger partial charge in [-0.25, -0.2) is 13.2 Å². The molecule has 0 saturated heterocycles. The molecule has 0 aliphatic carbocycles. The third-order valence-electron chi connectivity index (χ3n) is 3.74. The van der Waals surface area contributed by atoms with Crippen molar-refractivity contribution in [2.24, 2.45) is 0 Å². The number of nitrogens with zero attached hydrogens (tertiary/aromatic N) is 2. The Kier molecular flexibility index (Phi) is 5.85. The summed E-state index contributed by atoms with van der Waals surface area (Å²) >= 11 is 1.27. The number of aromatic nitrogens is 2. The second-order valence-electron chi connectivity index (χ2n) is 5.59. The van der Waals surface area contributed by atoms with E-state index in [0.29, 0.717) is 27.7 Å². The fourth-order valence-electron chi connectivity index (χ4n) is 2.45. The van der Waals surface area contributed by atoms with Crippen molar-refractivity contribution in [1.29, 1.82) is 0 Å². The minimum Gasteiger partial charge on any atom is -0.382 e. The number of rotatable bonds is 7. The van der Waals surface area contributed by atoms with Crippen LogP contribution in [0.3, 0.4) is 0 Å². The van der Waals surface area contributed by atoms with Crippen LogP contribution in [-0.2, 0) is 11.2 Å². The first kappa shape index (κ1) is 18.3. The van der Waals surface area contributed by atoms with E-state index in [9.17, 15) is 13.2 Å². The Bertz CT molecular complexity index is 888. The molecule has 0 fully saturated rings. The maximum Gasteiger partial charge on any atom is 0.206 e. The Morgan fingerprint density at radius 1 is 1.04 bits per heavy atom. The van der Waals surface area contributed by atoms with Crippen LogP contribution in [0, 0.1) is 17.5 Å². The number of hydrogen-bond donors (Lipinski definition) is 1. The third kappa shape index (κ3) is 4.39. The molecule has 2 aromatic carbocycles. The molecule has 3 rings (SSSR count). The summed E-state index contributed by atoms with van der Waals surface area (Å²) in [5.74, 6) is -2.13. The van der Waals surface area contributed by atoms with Crippen molar-refractivity contribution < 1.29 is 17.9 Å². The average molecular weight is 379 g/mol. The van der Waals surface area contributed by atoms with E-state index in [2.05, 4.69) is 15.5 Å². The highest BCUT2D eigenvalue weighted by Gasteiger charge is 2.16. The van der Waals surface area contributed by atoms with Crippen molar-refractivity contribution in [3.05, 3.63) is 76.1 Å². The Balaban J connectivity index is 1.75. The molecule has 0 aliphatic rings. The number of hydrogen-bond acceptors (Lipinski definition) is 5. The van der Waals surface area contributed by atoms with Crippen molar-refractivity contribution in [2.75, 3.05) is 19.0 Å². The van der Waals surface area contributed by atoms with Gasteiger partial charge in [0.2, 0.25) is 5.13 Å². The summed E-state index contributed by atoms with van der Waals surface area (Å²) in [7, 11) is 1.51. The van der Waals surface area contributed by atoms with Gasteiger partial charge in [0, 0.05) is 13.5 Å². The summed E-state index contributed by atoms with van der Waals surface area (Å²) in [5.41, 5.74) is 1.06. The Morgan fingerprint density at radius 2 is 1.85 bits per heavy atom. The molecule has 1 heterocycles. The highest BCUT2D eigenvalue weighted by molar-refractivity contribution is 7.15. The lowest BCUT2D eigenvalue weighted by Crippen LogP contribution is -2.16. The van der Waals surface area contributed by atoms with Gasteiger partial charge in [0.1, 0.15) is 10.8 Å². The zero-order valence-electron chi connectivity index (χ0n) is 13.9. The normalized spacial score (nSPS) is 12.2. The zero-order chi connectivity index (χ0) is 18.5. The van der Waals surface area contributed by atoms with E-state index in [1.165, 1.54) is 30.6 Å². The lowest BCUT2D eigenvalue weighted by molar-refractivity contribution is 0.186. The largest absolute Gasteiger partial charge is 0.382 e. The van der Waals surface area contributed by atoms with E-state index in [0.717, 1.165) is 12.1 Å². The average Bonchev–Trinajstić information content (AvgIpc) is 3.06. The van der Waals surface area contributed by atoms with E-state index in [4.69, 9.17) is 4.74 Å². The van der Waals surface area contributed by atoms with Crippen LogP contribution < -0.4 is 5.32 Å². The summed E-state index contributed by atoms with van der Waals surface area (Å²) in [6, 6.07) is 9.72. The van der Waals surface area contributed by atoms with Crippen LogP contribution in [0.4, 0.5) is 18.3 Å². The van der Waals surface area contributed by atoms with Gasteiger partial charge in [-0.2, -0.15) is 0 Å². The smallest absolute Gasteiger partial charge is 0.206 e. The Morgan fingerprint density at radius 3 is 2.58 bits per heavy atom. The SMILES string of the molecule is COCC(Nc1nnc(Cc2ccccc2F)s1)c1ccc(F)c(F)c1. The summed E-state index contributed by atoms with van der Waals surface area (Å²) in [6.45, 7) is 0.229. The first-order valence-corrected chi connectivity index (χ1v) is 8.64. The van der Waals surface area contributed by atoms with Crippen molar-refractivity contribution >= 4 is 16.5 Å². The second kappa shape index (κ2) is 8.29.